The molecule has 1 aromatic carbocycles. The van der Waals surface area contributed by atoms with Crippen LogP contribution in [0.2, 0.25) is 0 Å². The third-order valence-corrected chi connectivity index (χ3v) is 3.33. The molecule has 0 bridgehead atoms. The van der Waals surface area contributed by atoms with Gasteiger partial charge >= 0.3 is 5.97 Å². The number of carbonyl (C=O) groups is 2. The number of amides is 1. The van der Waals surface area contributed by atoms with Gasteiger partial charge in [-0.1, -0.05) is 25.1 Å². The van der Waals surface area contributed by atoms with Crippen molar-refractivity contribution in [2.75, 3.05) is 14.2 Å². The largest absolute Gasteiger partial charge is 0.496 e. The zero-order chi connectivity index (χ0) is 15.1. The van der Waals surface area contributed by atoms with E-state index in [0.717, 1.165) is 11.3 Å². The summed E-state index contributed by atoms with van der Waals surface area (Å²) in [6.45, 7) is 1.75. The maximum Gasteiger partial charge on any atom is 0.326 e. The Kier molecular flexibility index (Phi) is 6.03. The van der Waals surface area contributed by atoms with Crippen LogP contribution in [-0.2, 0) is 16.0 Å². The Labute approximate surface area is 119 Å². The Hall–Kier alpha value is -2.04. The summed E-state index contributed by atoms with van der Waals surface area (Å²) in [7, 11) is 3.12. The molecule has 0 spiro atoms. The Balaban J connectivity index is 2.65. The smallest absolute Gasteiger partial charge is 0.326 e. The van der Waals surface area contributed by atoms with Crippen LogP contribution in [-0.4, -0.2) is 42.1 Å². The average molecular weight is 279 g/mol. The van der Waals surface area contributed by atoms with Crippen molar-refractivity contribution in [2.45, 2.75) is 32.2 Å². The number of aliphatic carboxylic acids is 1. The molecule has 0 aliphatic rings. The highest BCUT2D eigenvalue weighted by Gasteiger charge is 2.24. The van der Waals surface area contributed by atoms with Gasteiger partial charge in [0.2, 0.25) is 5.91 Å². The van der Waals surface area contributed by atoms with Gasteiger partial charge in [0, 0.05) is 13.5 Å². The van der Waals surface area contributed by atoms with E-state index in [1.54, 1.807) is 14.0 Å². The molecule has 0 saturated heterocycles. The van der Waals surface area contributed by atoms with Gasteiger partial charge in [-0.2, -0.15) is 0 Å². The lowest BCUT2D eigenvalue weighted by molar-refractivity contribution is -0.149. The Morgan fingerprint density at radius 2 is 2.00 bits per heavy atom. The van der Waals surface area contributed by atoms with Crippen molar-refractivity contribution in [1.29, 1.82) is 0 Å². The first-order valence-corrected chi connectivity index (χ1v) is 6.61. The molecular weight excluding hydrogens is 258 g/mol. The van der Waals surface area contributed by atoms with Crippen molar-refractivity contribution in [3.05, 3.63) is 29.8 Å². The van der Waals surface area contributed by atoms with Crippen molar-refractivity contribution >= 4 is 11.9 Å². The number of carbonyl (C=O) groups excluding carboxylic acids is 1. The minimum atomic E-state index is -0.972. The van der Waals surface area contributed by atoms with Gasteiger partial charge in [-0.15, -0.1) is 0 Å². The first kappa shape index (κ1) is 16.0. The van der Waals surface area contributed by atoms with Crippen LogP contribution in [0.15, 0.2) is 24.3 Å². The van der Waals surface area contributed by atoms with E-state index >= 15 is 0 Å². The third kappa shape index (κ3) is 3.98. The standard InChI is InChI=1S/C15H21NO4/c1-4-12(15(18)19)16(2)14(17)10-9-11-7-5-6-8-13(11)20-3/h5-8,12H,4,9-10H2,1-3H3,(H,18,19). The molecule has 0 radical (unpaired) electrons. The van der Waals surface area contributed by atoms with E-state index in [9.17, 15) is 9.59 Å². The summed E-state index contributed by atoms with van der Waals surface area (Å²) >= 11 is 0. The van der Waals surface area contributed by atoms with Crippen molar-refractivity contribution in [3.63, 3.8) is 0 Å². The lowest BCUT2D eigenvalue weighted by Gasteiger charge is -2.23. The summed E-state index contributed by atoms with van der Waals surface area (Å²) in [5, 5.41) is 9.05. The van der Waals surface area contributed by atoms with Crippen molar-refractivity contribution < 1.29 is 19.4 Å². The zero-order valence-electron chi connectivity index (χ0n) is 12.1. The number of hydrogen-bond donors (Lipinski definition) is 1. The molecule has 1 rings (SSSR count). The molecule has 0 aliphatic heterocycles. The molecule has 20 heavy (non-hydrogen) atoms. The van der Waals surface area contributed by atoms with Gasteiger partial charge in [0.15, 0.2) is 0 Å². The van der Waals surface area contributed by atoms with Crippen LogP contribution in [0.1, 0.15) is 25.3 Å². The molecule has 0 aromatic heterocycles. The van der Waals surface area contributed by atoms with E-state index < -0.39 is 12.0 Å². The minimum absolute atomic E-state index is 0.176. The molecule has 0 saturated carbocycles. The van der Waals surface area contributed by atoms with Gasteiger partial charge in [-0.25, -0.2) is 4.79 Å². The third-order valence-electron chi connectivity index (χ3n) is 3.33. The molecule has 1 atom stereocenters. The van der Waals surface area contributed by atoms with Gasteiger partial charge in [0.05, 0.1) is 7.11 Å². The molecule has 0 fully saturated rings. The SMILES string of the molecule is CCC(C(=O)O)N(C)C(=O)CCc1ccccc1OC. The molecule has 5 heteroatoms. The fourth-order valence-electron chi connectivity index (χ4n) is 2.12. The number of benzene rings is 1. The van der Waals surface area contributed by atoms with Gasteiger partial charge in [0.25, 0.3) is 0 Å². The molecule has 1 unspecified atom stereocenters. The van der Waals surface area contributed by atoms with Crippen LogP contribution in [0.3, 0.4) is 0 Å². The number of carboxylic acid groups (broad SMARTS) is 1. The van der Waals surface area contributed by atoms with E-state index in [1.165, 1.54) is 11.9 Å². The highest BCUT2D eigenvalue weighted by Crippen LogP contribution is 2.19. The quantitative estimate of drug-likeness (QED) is 0.828. The monoisotopic (exact) mass is 279 g/mol. The number of rotatable bonds is 7. The number of para-hydroxylation sites is 1. The minimum Gasteiger partial charge on any atom is -0.496 e. The van der Waals surface area contributed by atoms with Crippen molar-refractivity contribution in [3.8, 4) is 5.75 Å². The normalized spacial score (nSPS) is 11.8. The first-order valence-electron chi connectivity index (χ1n) is 6.61. The fraction of sp³-hybridized carbons (Fsp3) is 0.467. The van der Waals surface area contributed by atoms with Crippen molar-refractivity contribution in [1.82, 2.24) is 4.90 Å². The van der Waals surface area contributed by atoms with Gasteiger partial charge < -0.3 is 14.7 Å². The molecule has 110 valence electrons. The maximum atomic E-state index is 12.0. The number of methoxy groups -OCH3 is 1. The summed E-state index contributed by atoms with van der Waals surface area (Å²) in [6.07, 6.45) is 1.19. The van der Waals surface area contributed by atoms with Crippen LogP contribution in [0, 0.1) is 0 Å². The summed E-state index contributed by atoms with van der Waals surface area (Å²) < 4.78 is 5.23. The number of carboxylic acids is 1. The van der Waals surface area contributed by atoms with E-state index in [2.05, 4.69) is 0 Å². The molecular formula is C15H21NO4. The maximum absolute atomic E-state index is 12.0. The highest BCUT2D eigenvalue weighted by molar-refractivity contribution is 5.83. The Morgan fingerprint density at radius 3 is 2.55 bits per heavy atom. The predicted octanol–water partition coefficient (Wildman–Crippen LogP) is 1.95. The summed E-state index contributed by atoms with van der Waals surface area (Å²) in [5.41, 5.74) is 0.945. The van der Waals surface area contributed by atoms with Crippen LogP contribution < -0.4 is 4.74 Å². The second kappa shape index (κ2) is 7.53. The number of ether oxygens (including phenoxy) is 1. The first-order chi connectivity index (χ1) is 9.51. The van der Waals surface area contributed by atoms with E-state index in [4.69, 9.17) is 9.84 Å². The average Bonchev–Trinajstić information content (AvgIpc) is 2.45. The van der Waals surface area contributed by atoms with Gasteiger partial charge in [-0.05, 0) is 24.5 Å². The number of nitrogens with zero attached hydrogens (tertiary/aromatic N) is 1. The van der Waals surface area contributed by atoms with Crippen LogP contribution in [0.25, 0.3) is 0 Å². The Bertz CT molecular complexity index is 473. The lowest BCUT2D eigenvalue weighted by Crippen LogP contribution is -2.42. The van der Waals surface area contributed by atoms with E-state index in [1.807, 2.05) is 24.3 Å². The lowest BCUT2D eigenvalue weighted by atomic mass is 10.1. The van der Waals surface area contributed by atoms with Crippen LogP contribution in [0.5, 0.6) is 5.75 Å². The molecule has 0 aliphatic carbocycles. The van der Waals surface area contributed by atoms with Crippen molar-refractivity contribution in [2.24, 2.45) is 0 Å². The highest BCUT2D eigenvalue weighted by atomic mass is 16.5. The summed E-state index contributed by atoms with van der Waals surface area (Å²) in [6, 6.07) is 6.74. The second-order valence-corrected chi connectivity index (χ2v) is 4.58. The van der Waals surface area contributed by atoms with Crippen LogP contribution in [0.4, 0.5) is 0 Å². The van der Waals surface area contributed by atoms with E-state index in [0.29, 0.717) is 12.8 Å². The Morgan fingerprint density at radius 1 is 1.35 bits per heavy atom. The topological polar surface area (TPSA) is 66.8 Å². The van der Waals surface area contributed by atoms with Crippen LogP contribution >= 0.6 is 0 Å². The summed E-state index contributed by atoms with van der Waals surface area (Å²) in [5.74, 6) is -0.404. The summed E-state index contributed by atoms with van der Waals surface area (Å²) in [4.78, 5) is 24.4. The molecule has 1 amide bonds. The number of hydrogen-bond acceptors (Lipinski definition) is 3. The zero-order valence-corrected chi connectivity index (χ0v) is 12.1. The number of likely N-dealkylation sites (N-methyl/N-ethyl adjacent to an activating group) is 1. The molecule has 0 heterocycles. The molecule has 1 N–H and O–H groups in total. The fourth-order valence-corrected chi connectivity index (χ4v) is 2.12. The second-order valence-electron chi connectivity index (χ2n) is 4.58. The molecule has 1 aromatic rings. The van der Waals surface area contributed by atoms with Gasteiger partial charge in [-0.3, -0.25) is 4.79 Å². The van der Waals surface area contributed by atoms with E-state index in [-0.39, 0.29) is 12.3 Å². The molecule has 5 nitrogen and oxygen atoms in total. The van der Waals surface area contributed by atoms with Gasteiger partial charge in [0.1, 0.15) is 11.8 Å². The predicted molar refractivity (Wildman–Crippen MR) is 75.8 cm³/mol. The number of aryl methyl sites for hydroxylation is 1.